The van der Waals surface area contributed by atoms with Crippen LogP contribution >= 0.6 is 0 Å². The summed E-state index contributed by atoms with van der Waals surface area (Å²) < 4.78 is 5.35. The van der Waals surface area contributed by atoms with Crippen LogP contribution in [0.2, 0.25) is 0 Å². The first-order chi connectivity index (χ1) is 12.0. The molecule has 3 N–H and O–H groups in total. The van der Waals surface area contributed by atoms with E-state index in [2.05, 4.69) is 29.5 Å². The maximum absolute atomic E-state index is 10.7. The van der Waals surface area contributed by atoms with Crippen molar-refractivity contribution in [2.75, 3.05) is 19.6 Å². The molecule has 0 spiro atoms. The predicted octanol–water partition coefficient (Wildman–Crippen LogP) is 2.92. The monoisotopic (exact) mass is 343 g/mol. The van der Waals surface area contributed by atoms with Crippen LogP contribution in [0.15, 0.2) is 58.1 Å². The van der Waals surface area contributed by atoms with Crippen molar-refractivity contribution >= 4 is 5.96 Å². The Hall–Kier alpha value is -2.27. The van der Waals surface area contributed by atoms with E-state index in [0.29, 0.717) is 18.4 Å². The van der Waals surface area contributed by atoms with Crippen LogP contribution in [0.1, 0.15) is 32.1 Å². The van der Waals surface area contributed by atoms with Gasteiger partial charge in [0.05, 0.1) is 12.8 Å². The van der Waals surface area contributed by atoms with Gasteiger partial charge in [0.2, 0.25) is 0 Å². The van der Waals surface area contributed by atoms with Crippen molar-refractivity contribution in [3.8, 4) is 0 Å². The first-order valence-corrected chi connectivity index (χ1v) is 8.80. The smallest absolute Gasteiger partial charge is 0.191 e. The predicted molar refractivity (Wildman–Crippen MR) is 102 cm³/mol. The van der Waals surface area contributed by atoms with Gasteiger partial charge in [0.15, 0.2) is 5.96 Å². The zero-order valence-electron chi connectivity index (χ0n) is 15.3. The highest BCUT2D eigenvalue weighted by Gasteiger charge is 2.22. The average Bonchev–Trinajstić information content (AvgIpc) is 3.11. The number of furan rings is 1. The molecule has 25 heavy (non-hydrogen) atoms. The van der Waals surface area contributed by atoms with E-state index in [1.54, 1.807) is 13.2 Å². The summed E-state index contributed by atoms with van der Waals surface area (Å²) in [5.74, 6) is 2.15. The van der Waals surface area contributed by atoms with Crippen LogP contribution in [0.3, 0.4) is 0 Å². The van der Waals surface area contributed by atoms with Gasteiger partial charge in [-0.15, -0.1) is 0 Å². The Labute approximate surface area is 150 Å². The highest BCUT2D eigenvalue weighted by Crippen LogP contribution is 2.20. The SMILES string of the molecule is CC(C)CNC(=NCC(C)(O)c1ccccc1)NCCc1ccco1. The summed E-state index contributed by atoms with van der Waals surface area (Å²) in [6, 6.07) is 13.5. The molecule has 0 amide bonds. The van der Waals surface area contributed by atoms with Gasteiger partial charge in [0.25, 0.3) is 0 Å². The minimum absolute atomic E-state index is 0.283. The Morgan fingerprint density at radius 3 is 2.56 bits per heavy atom. The summed E-state index contributed by atoms with van der Waals surface area (Å²) in [5.41, 5.74) is -0.146. The summed E-state index contributed by atoms with van der Waals surface area (Å²) in [4.78, 5) is 4.58. The maximum atomic E-state index is 10.7. The second kappa shape index (κ2) is 9.28. The number of rotatable bonds is 8. The summed E-state index contributed by atoms with van der Waals surface area (Å²) in [5, 5.41) is 17.3. The van der Waals surface area contributed by atoms with Gasteiger partial charge in [0, 0.05) is 19.5 Å². The molecular weight excluding hydrogens is 314 g/mol. The minimum Gasteiger partial charge on any atom is -0.469 e. The summed E-state index contributed by atoms with van der Waals surface area (Å²) >= 11 is 0. The second-order valence-electron chi connectivity index (χ2n) is 6.84. The standard InChI is InChI=1S/C20H29N3O2/c1-16(2)14-22-19(21-12-11-18-10-7-13-25-18)23-15-20(3,24)17-8-5-4-6-9-17/h4-10,13,16,24H,11-12,14-15H2,1-3H3,(H2,21,22,23). The lowest BCUT2D eigenvalue weighted by molar-refractivity contribution is 0.0672. The fraction of sp³-hybridized carbons (Fsp3) is 0.450. The number of aliphatic imine (C=N–C) groups is 1. The van der Waals surface area contributed by atoms with Gasteiger partial charge in [-0.25, -0.2) is 4.99 Å². The number of hydrogen-bond donors (Lipinski definition) is 3. The molecule has 0 aliphatic rings. The molecule has 0 aliphatic carbocycles. The van der Waals surface area contributed by atoms with Crippen molar-refractivity contribution in [1.82, 2.24) is 10.6 Å². The fourth-order valence-corrected chi connectivity index (χ4v) is 2.36. The fourth-order valence-electron chi connectivity index (χ4n) is 2.36. The van der Waals surface area contributed by atoms with Gasteiger partial charge >= 0.3 is 0 Å². The van der Waals surface area contributed by atoms with Crippen LogP contribution in [0.5, 0.6) is 0 Å². The Morgan fingerprint density at radius 1 is 1.16 bits per heavy atom. The van der Waals surface area contributed by atoms with Crippen molar-refractivity contribution in [2.45, 2.75) is 32.8 Å². The molecule has 1 aromatic carbocycles. The van der Waals surface area contributed by atoms with Gasteiger partial charge < -0.3 is 20.2 Å². The van der Waals surface area contributed by atoms with E-state index in [0.717, 1.165) is 24.3 Å². The van der Waals surface area contributed by atoms with E-state index in [9.17, 15) is 5.11 Å². The summed E-state index contributed by atoms with van der Waals surface area (Å²) in [6.45, 7) is 7.89. The normalized spacial score (nSPS) is 14.4. The highest BCUT2D eigenvalue weighted by atomic mass is 16.3. The third kappa shape index (κ3) is 6.63. The molecule has 1 atom stereocenters. The molecule has 0 aliphatic heterocycles. The maximum Gasteiger partial charge on any atom is 0.191 e. The lowest BCUT2D eigenvalue weighted by Gasteiger charge is -2.23. The third-order valence-corrected chi connectivity index (χ3v) is 3.86. The van der Waals surface area contributed by atoms with Crippen LogP contribution in [-0.4, -0.2) is 30.7 Å². The zero-order valence-corrected chi connectivity index (χ0v) is 15.3. The van der Waals surface area contributed by atoms with Crippen LogP contribution in [0.25, 0.3) is 0 Å². The van der Waals surface area contributed by atoms with E-state index < -0.39 is 5.60 Å². The second-order valence-corrected chi connectivity index (χ2v) is 6.84. The molecule has 0 bridgehead atoms. The van der Waals surface area contributed by atoms with Crippen LogP contribution in [0.4, 0.5) is 0 Å². The third-order valence-electron chi connectivity index (χ3n) is 3.86. The van der Waals surface area contributed by atoms with Crippen LogP contribution in [0, 0.1) is 5.92 Å². The van der Waals surface area contributed by atoms with Gasteiger partial charge in [-0.3, -0.25) is 0 Å². The molecule has 0 radical (unpaired) electrons. The molecule has 0 saturated carbocycles. The molecule has 2 rings (SSSR count). The Balaban J connectivity index is 1.96. The molecule has 5 nitrogen and oxygen atoms in total. The van der Waals surface area contributed by atoms with Crippen LogP contribution < -0.4 is 10.6 Å². The number of nitrogens with one attached hydrogen (secondary N) is 2. The van der Waals surface area contributed by atoms with Crippen molar-refractivity contribution in [1.29, 1.82) is 0 Å². The largest absolute Gasteiger partial charge is 0.469 e. The van der Waals surface area contributed by atoms with Crippen molar-refractivity contribution < 1.29 is 9.52 Å². The van der Waals surface area contributed by atoms with Gasteiger partial charge in [-0.2, -0.15) is 0 Å². The van der Waals surface area contributed by atoms with E-state index in [1.165, 1.54) is 0 Å². The summed E-state index contributed by atoms with van der Waals surface area (Å²) in [6.07, 6.45) is 2.46. The Bertz CT molecular complexity index is 634. The molecule has 1 unspecified atom stereocenters. The number of hydrogen-bond acceptors (Lipinski definition) is 3. The van der Waals surface area contributed by atoms with E-state index >= 15 is 0 Å². The molecule has 1 heterocycles. The van der Waals surface area contributed by atoms with E-state index in [1.807, 2.05) is 42.5 Å². The lowest BCUT2D eigenvalue weighted by atomic mass is 9.96. The van der Waals surface area contributed by atoms with Gasteiger partial charge in [0.1, 0.15) is 11.4 Å². The molecule has 5 heteroatoms. The number of guanidine groups is 1. The highest BCUT2D eigenvalue weighted by molar-refractivity contribution is 5.79. The molecule has 0 fully saturated rings. The molecule has 1 aromatic heterocycles. The van der Waals surface area contributed by atoms with E-state index in [-0.39, 0.29) is 6.54 Å². The molecule has 2 aromatic rings. The molecular formula is C20H29N3O2. The topological polar surface area (TPSA) is 69.8 Å². The first kappa shape index (κ1) is 19.1. The number of nitrogens with zero attached hydrogens (tertiary/aromatic N) is 1. The first-order valence-electron chi connectivity index (χ1n) is 8.80. The number of aliphatic hydroxyl groups is 1. The van der Waals surface area contributed by atoms with Crippen molar-refractivity contribution in [3.05, 3.63) is 60.1 Å². The van der Waals surface area contributed by atoms with Gasteiger partial charge in [-0.05, 0) is 30.5 Å². The van der Waals surface area contributed by atoms with E-state index in [4.69, 9.17) is 4.42 Å². The molecule has 0 saturated heterocycles. The quantitative estimate of drug-likeness (QED) is 0.509. The van der Waals surface area contributed by atoms with Crippen molar-refractivity contribution in [2.24, 2.45) is 10.9 Å². The van der Waals surface area contributed by atoms with Crippen molar-refractivity contribution in [3.63, 3.8) is 0 Å². The summed E-state index contributed by atoms with van der Waals surface area (Å²) in [7, 11) is 0. The zero-order chi connectivity index (χ0) is 18.1. The van der Waals surface area contributed by atoms with Crippen LogP contribution in [-0.2, 0) is 12.0 Å². The molecule has 136 valence electrons. The lowest BCUT2D eigenvalue weighted by Crippen LogP contribution is -2.41. The Morgan fingerprint density at radius 2 is 1.92 bits per heavy atom. The van der Waals surface area contributed by atoms with Gasteiger partial charge in [-0.1, -0.05) is 44.2 Å². The average molecular weight is 343 g/mol. The Kier molecular flexibility index (Phi) is 7.07. The minimum atomic E-state index is -1.01. The number of benzene rings is 1.